The molecule has 0 unspecified atom stereocenters. The van der Waals surface area contributed by atoms with Crippen molar-refractivity contribution in [3.8, 4) is 0 Å². The SMILES string of the molecule is C1=Cc2c3c(c4c(c2=CC1)CCC4)=CCC=C3. The summed E-state index contributed by atoms with van der Waals surface area (Å²) < 4.78 is 0. The lowest BCUT2D eigenvalue weighted by atomic mass is 9.89. The highest BCUT2D eigenvalue weighted by Crippen LogP contribution is 2.22. The molecule has 0 spiro atoms. The Hall–Kier alpha value is -1.56. The summed E-state index contributed by atoms with van der Waals surface area (Å²) in [5.41, 5.74) is 6.24. The maximum atomic E-state index is 2.42. The molecule has 0 saturated heterocycles. The molecule has 0 amide bonds. The van der Waals surface area contributed by atoms with Crippen LogP contribution in [-0.2, 0) is 12.8 Å². The predicted molar refractivity (Wildman–Crippen MR) is 73.9 cm³/mol. The van der Waals surface area contributed by atoms with E-state index in [1.807, 2.05) is 0 Å². The largest absolute Gasteiger partial charge is 0.0801 e. The van der Waals surface area contributed by atoms with Crippen molar-refractivity contribution < 1.29 is 0 Å². The van der Waals surface area contributed by atoms with E-state index in [4.69, 9.17) is 0 Å². The second kappa shape index (κ2) is 3.46. The van der Waals surface area contributed by atoms with Gasteiger partial charge < -0.3 is 0 Å². The zero-order valence-corrected chi connectivity index (χ0v) is 10.00. The topological polar surface area (TPSA) is 0 Å². The Morgan fingerprint density at radius 2 is 1.24 bits per heavy atom. The van der Waals surface area contributed by atoms with Gasteiger partial charge in [0.2, 0.25) is 0 Å². The first-order valence-corrected chi connectivity index (χ1v) is 6.66. The second-order valence-corrected chi connectivity index (χ2v) is 5.15. The van der Waals surface area contributed by atoms with Gasteiger partial charge in [0.1, 0.15) is 0 Å². The highest BCUT2D eigenvalue weighted by molar-refractivity contribution is 5.74. The van der Waals surface area contributed by atoms with Crippen molar-refractivity contribution in [2.75, 3.05) is 0 Å². The quantitative estimate of drug-likeness (QED) is 0.630. The molecule has 0 atom stereocenters. The summed E-state index contributed by atoms with van der Waals surface area (Å²) in [4.78, 5) is 0. The number of benzene rings is 1. The van der Waals surface area contributed by atoms with Crippen molar-refractivity contribution in [3.63, 3.8) is 0 Å². The van der Waals surface area contributed by atoms with Gasteiger partial charge in [0.15, 0.2) is 0 Å². The number of rotatable bonds is 0. The fourth-order valence-corrected chi connectivity index (χ4v) is 3.52. The third kappa shape index (κ3) is 1.24. The molecule has 0 nitrogen and oxygen atoms in total. The molecule has 0 aromatic heterocycles. The van der Waals surface area contributed by atoms with Crippen LogP contribution in [0.5, 0.6) is 0 Å². The zero-order valence-electron chi connectivity index (χ0n) is 10.00. The van der Waals surface area contributed by atoms with Crippen molar-refractivity contribution >= 4 is 24.3 Å². The van der Waals surface area contributed by atoms with Gasteiger partial charge in [0, 0.05) is 0 Å². The van der Waals surface area contributed by atoms with E-state index in [2.05, 4.69) is 36.5 Å². The van der Waals surface area contributed by atoms with Crippen molar-refractivity contribution in [2.24, 2.45) is 0 Å². The fraction of sp³-hybridized carbons (Fsp3) is 0.294. The molecule has 0 heteroatoms. The minimum Gasteiger partial charge on any atom is -0.0801 e. The van der Waals surface area contributed by atoms with Crippen LogP contribution in [0.4, 0.5) is 0 Å². The van der Waals surface area contributed by atoms with Gasteiger partial charge in [-0.05, 0) is 64.8 Å². The van der Waals surface area contributed by atoms with Gasteiger partial charge in [-0.25, -0.2) is 0 Å². The van der Waals surface area contributed by atoms with Crippen LogP contribution < -0.4 is 10.4 Å². The molecule has 17 heavy (non-hydrogen) atoms. The average Bonchev–Trinajstić information content (AvgIpc) is 2.89. The summed E-state index contributed by atoms with van der Waals surface area (Å²) in [5.74, 6) is 0. The van der Waals surface area contributed by atoms with Gasteiger partial charge in [-0.1, -0.05) is 36.5 Å². The van der Waals surface area contributed by atoms with E-state index >= 15 is 0 Å². The molecule has 84 valence electrons. The molecule has 1 aromatic rings. The van der Waals surface area contributed by atoms with E-state index in [0.717, 1.165) is 12.8 Å². The van der Waals surface area contributed by atoms with Gasteiger partial charge >= 0.3 is 0 Å². The van der Waals surface area contributed by atoms with Crippen molar-refractivity contribution in [2.45, 2.75) is 32.1 Å². The van der Waals surface area contributed by atoms with Crippen LogP contribution in [-0.4, -0.2) is 0 Å². The first-order valence-electron chi connectivity index (χ1n) is 6.66. The number of allylic oxidation sites excluding steroid dienone is 2. The number of hydrogen-bond acceptors (Lipinski definition) is 0. The van der Waals surface area contributed by atoms with Gasteiger partial charge in [-0.3, -0.25) is 0 Å². The molecule has 1 aromatic carbocycles. The Kier molecular flexibility index (Phi) is 1.93. The van der Waals surface area contributed by atoms with Crippen LogP contribution in [0.3, 0.4) is 0 Å². The number of hydrogen-bond donors (Lipinski definition) is 0. The molecule has 0 heterocycles. The molecule has 3 aliphatic rings. The summed E-state index contributed by atoms with van der Waals surface area (Å²) in [6.45, 7) is 0. The first-order chi connectivity index (χ1) is 8.45. The highest BCUT2D eigenvalue weighted by Gasteiger charge is 2.19. The Morgan fingerprint density at radius 3 is 1.76 bits per heavy atom. The van der Waals surface area contributed by atoms with Crippen LogP contribution >= 0.6 is 0 Å². The van der Waals surface area contributed by atoms with Crippen molar-refractivity contribution in [1.82, 2.24) is 0 Å². The van der Waals surface area contributed by atoms with Crippen molar-refractivity contribution in [3.05, 3.63) is 44.8 Å². The molecular weight excluding hydrogens is 204 g/mol. The minimum absolute atomic E-state index is 1.10. The molecule has 4 rings (SSSR count). The summed E-state index contributed by atoms with van der Waals surface area (Å²) in [5, 5.41) is 3.08. The Balaban J connectivity index is 2.24. The lowest BCUT2D eigenvalue weighted by molar-refractivity contribution is 0.908. The predicted octanol–water partition coefficient (Wildman–Crippen LogP) is 2.57. The van der Waals surface area contributed by atoms with Crippen LogP contribution in [0.25, 0.3) is 24.3 Å². The summed E-state index contributed by atoms with van der Waals surface area (Å²) in [6, 6.07) is 0. The van der Waals surface area contributed by atoms with E-state index in [9.17, 15) is 0 Å². The zero-order chi connectivity index (χ0) is 11.2. The average molecular weight is 220 g/mol. The molecule has 3 aliphatic carbocycles. The van der Waals surface area contributed by atoms with Crippen LogP contribution in [0.1, 0.15) is 41.5 Å². The van der Waals surface area contributed by atoms with Crippen LogP contribution in [0, 0.1) is 0 Å². The minimum atomic E-state index is 1.10. The molecule has 0 fully saturated rings. The first kappa shape index (κ1) is 9.47. The van der Waals surface area contributed by atoms with Gasteiger partial charge in [-0.2, -0.15) is 0 Å². The van der Waals surface area contributed by atoms with Gasteiger partial charge in [-0.15, -0.1) is 0 Å². The van der Waals surface area contributed by atoms with Crippen LogP contribution in [0.2, 0.25) is 0 Å². The lowest BCUT2D eigenvalue weighted by Gasteiger charge is -2.16. The van der Waals surface area contributed by atoms with Gasteiger partial charge in [0.05, 0.1) is 0 Å². The van der Waals surface area contributed by atoms with E-state index < -0.39 is 0 Å². The highest BCUT2D eigenvalue weighted by atomic mass is 14.2. The molecular formula is C17H16. The van der Waals surface area contributed by atoms with Crippen LogP contribution in [0.15, 0.2) is 12.2 Å². The summed E-state index contributed by atoms with van der Waals surface area (Å²) in [7, 11) is 0. The Labute approximate surface area is 102 Å². The third-order valence-electron chi connectivity index (χ3n) is 4.22. The summed E-state index contributed by atoms with van der Waals surface area (Å²) >= 11 is 0. The summed E-state index contributed by atoms with van der Waals surface area (Å²) in [6.07, 6.45) is 20.2. The molecule has 0 bridgehead atoms. The molecule has 0 radical (unpaired) electrons. The Bertz CT molecular complexity index is 610. The van der Waals surface area contributed by atoms with Crippen molar-refractivity contribution in [1.29, 1.82) is 0 Å². The fourth-order valence-electron chi connectivity index (χ4n) is 3.52. The van der Waals surface area contributed by atoms with Gasteiger partial charge in [0.25, 0.3) is 0 Å². The monoisotopic (exact) mass is 220 g/mol. The molecule has 0 N–H and O–H groups in total. The third-order valence-corrected chi connectivity index (χ3v) is 4.22. The lowest BCUT2D eigenvalue weighted by Crippen LogP contribution is -2.27. The second-order valence-electron chi connectivity index (χ2n) is 5.15. The normalized spacial score (nSPS) is 19.1. The number of fused-ring (bicyclic) bond motifs is 6. The maximum Gasteiger partial charge on any atom is -0.0109 e. The molecule has 0 aliphatic heterocycles. The standard InChI is InChI=1S/C17H16/c1-3-8-14-12(6-1)13-7-2-4-9-15(13)17-11-5-10-16(14)17/h1-2,6-9H,3-5,10-11H2. The van der Waals surface area contributed by atoms with E-state index in [1.165, 1.54) is 30.4 Å². The van der Waals surface area contributed by atoms with E-state index in [1.54, 1.807) is 21.6 Å². The van der Waals surface area contributed by atoms with E-state index in [0.29, 0.717) is 0 Å². The Morgan fingerprint density at radius 1 is 0.706 bits per heavy atom. The molecule has 0 saturated carbocycles. The maximum absolute atomic E-state index is 2.42. The van der Waals surface area contributed by atoms with E-state index in [-0.39, 0.29) is 0 Å². The smallest absolute Gasteiger partial charge is 0.0109 e.